The molecule has 0 aliphatic carbocycles. The summed E-state index contributed by atoms with van der Waals surface area (Å²) in [6.07, 6.45) is 0.616. The highest BCUT2D eigenvalue weighted by atomic mass is 32.2. The number of aryl methyl sites for hydroxylation is 1. The molecule has 0 saturated carbocycles. The van der Waals surface area contributed by atoms with E-state index in [9.17, 15) is 13.5 Å². The third-order valence-corrected chi connectivity index (χ3v) is 5.58. The number of nitrogens with two attached hydrogens (primary N) is 1. The largest absolute Gasteiger partial charge is 0.393 e. The van der Waals surface area contributed by atoms with Gasteiger partial charge in [-0.25, -0.2) is 8.42 Å². The Bertz CT molecular complexity index is 549. The topological polar surface area (TPSA) is 83.6 Å². The van der Waals surface area contributed by atoms with Gasteiger partial charge in [0.2, 0.25) is 10.0 Å². The summed E-state index contributed by atoms with van der Waals surface area (Å²) in [6.45, 7) is 2.94. The highest BCUT2D eigenvalue weighted by Crippen LogP contribution is 2.24. The molecule has 1 heterocycles. The molecular weight excluding hydrogens is 264 g/mol. The van der Waals surface area contributed by atoms with Gasteiger partial charge in [-0.2, -0.15) is 4.31 Å². The van der Waals surface area contributed by atoms with Crippen LogP contribution in [0.1, 0.15) is 24.0 Å². The van der Waals surface area contributed by atoms with Crippen molar-refractivity contribution in [3.63, 3.8) is 0 Å². The van der Waals surface area contributed by atoms with Crippen molar-refractivity contribution in [1.82, 2.24) is 4.31 Å². The van der Waals surface area contributed by atoms with Gasteiger partial charge in [0.15, 0.2) is 0 Å². The molecule has 0 unspecified atom stereocenters. The van der Waals surface area contributed by atoms with Gasteiger partial charge in [-0.15, -0.1) is 0 Å². The number of nitrogens with zero attached hydrogens (tertiary/aromatic N) is 1. The molecule has 0 bridgehead atoms. The van der Waals surface area contributed by atoms with Crippen LogP contribution in [0, 0.1) is 6.92 Å². The van der Waals surface area contributed by atoms with Crippen LogP contribution in [0.25, 0.3) is 0 Å². The molecule has 106 valence electrons. The number of sulfonamides is 1. The Kier molecular flexibility index (Phi) is 4.25. The van der Waals surface area contributed by atoms with Gasteiger partial charge in [0.1, 0.15) is 0 Å². The Morgan fingerprint density at radius 2 is 2.00 bits per heavy atom. The minimum atomic E-state index is -3.46. The summed E-state index contributed by atoms with van der Waals surface area (Å²) in [4.78, 5) is 0.334. The van der Waals surface area contributed by atoms with E-state index in [1.807, 2.05) is 6.07 Å². The first-order chi connectivity index (χ1) is 8.95. The molecule has 0 atom stereocenters. The number of piperidine rings is 1. The van der Waals surface area contributed by atoms with Crippen LogP contribution in [0.15, 0.2) is 23.1 Å². The van der Waals surface area contributed by atoms with Crippen LogP contribution in [-0.2, 0) is 16.6 Å². The molecule has 5 nitrogen and oxygen atoms in total. The number of hydrogen-bond acceptors (Lipinski definition) is 4. The molecule has 1 aliphatic heterocycles. The summed E-state index contributed by atoms with van der Waals surface area (Å²) >= 11 is 0. The monoisotopic (exact) mass is 284 g/mol. The first kappa shape index (κ1) is 14.5. The van der Waals surface area contributed by atoms with E-state index in [-0.39, 0.29) is 6.10 Å². The Labute approximate surface area is 114 Å². The van der Waals surface area contributed by atoms with Gasteiger partial charge in [-0.1, -0.05) is 12.1 Å². The number of rotatable bonds is 3. The maximum Gasteiger partial charge on any atom is 0.243 e. The number of aliphatic hydroxyl groups excluding tert-OH is 1. The van der Waals surface area contributed by atoms with Gasteiger partial charge >= 0.3 is 0 Å². The molecule has 1 aromatic rings. The van der Waals surface area contributed by atoms with Crippen LogP contribution in [0.2, 0.25) is 0 Å². The zero-order valence-corrected chi connectivity index (χ0v) is 11.9. The maximum atomic E-state index is 12.5. The average molecular weight is 284 g/mol. The highest BCUT2D eigenvalue weighted by molar-refractivity contribution is 7.89. The number of hydrogen-bond donors (Lipinski definition) is 2. The molecular formula is C13H20N2O3S. The quantitative estimate of drug-likeness (QED) is 0.851. The van der Waals surface area contributed by atoms with Crippen molar-refractivity contribution in [2.45, 2.75) is 37.3 Å². The molecule has 1 aliphatic rings. The third-order valence-electron chi connectivity index (χ3n) is 3.52. The first-order valence-corrected chi connectivity index (χ1v) is 7.87. The summed E-state index contributed by atoms with van der Waals surface area (Å²) < 4.78 is 26.5. The summed E-state index contributed by atoms with van der Waals surface area (Å²) in [6, 6.07) is 5.18. The SMILES string of the molecule is Cc1cc(CN)ccc1S(=O)(=O)N1CCC(O)CC1. The van der Waals surface area contributed by atoms with E-state index >= 15 is 0 Å². The first-order valence-electron chi connectivity index (χ1n) is 6.43. The molecule has 0 amide bonds. The van der Waals surface area contributed by atoms with Crippen LogP contribution < -0.4 is 5.73 Å². The molecule has 2 rings (SSSR count). The zero-order chi connectivity index (χ0) is 14.0. The van der Waals surface area contributed by atoms with E-state index in [0.29, 0.717) is 42.9 Å². The van der Waals surface area contributed by atoms with Gasteiger partial charge in [-0.05, 0) is 37.0 Å². The molecule has 6 heteroatoms. The lowest BCUT2D eigenvalue weighted by Crippen LogP contribution is -2.40. The van der Waals surface area contributed by atoms with Crippen LogP contribution >= 0.6 is 0 Å². The van der Waals surface area contributed by atoms with E-state index in [0.717, 1.165) is 5.56 Å². The molecule has 1 aromatic carbocycles. The van der Waals surface area contributed by atoms with Crippen molar-refractivity contribution >= 4 is 10.0 Å². The number of benzene rings is 1. The fourth-order valence-corrected chi connectivity index (χ4v) is 4.03. The predicted molar refractivity (Wildman–Crippen MR) is 73.1 cm³/mol. The Balaban J connectivity index is 2.29. The van der Waals surface area contributed by atoms with Crippen molar-refractivity contribution in [3.8, 4) is 0 Å². The van der Waals surface area contributed by atoms with Crippen molar-refractivity contribution < 1.29 is 13.5 Å². The van der Waals surface area contributed by atoms with Crippen LogP contribution in [0.5, 0.6) is 0 Å². The lowest BCUT2D eigenvalue weighted by molar-refractivity contribution is 0.113. The van der Waals surface area contributed by atoms with E-state index in [4.69, 9.17) is 5.73 Å². The lowest BCUT2D eigenvalue weighted by atomic mass is 10.1. The maximum absolute atomic E-state index is 12.5. The minimum Gasteiger partial charge on any atom is -0.393 e. The third kappa shape index (κ3) is 2.97. The van der Waals surface area contributed by atoms with Gasteiger partial charge in [0.05, 0.1) is 11.0 Å². The van der Waals surface area contributed by atoms with Crippen molar-refractivity contribution in [3.05, 3.63) is 29.3 Å². The van der Waals surface area contributed by atoms with Crippen molar-refractivity contribution in [2.75, 3.05) is 13.1 Å². The fraction of sp³-hybridized carbons (Fsp3) is 0.538. The van der Waals surface area contributed by atoms with E-state index in [1.54, 1.807) is 19.1 Å². The molecule has 1 saturated heterocycles. The molecule has 0 radical (unpaired) electrons. The molecule has 19 heavy (non-hydrogen) atoms. The second-order valence-corrected chi connectivity index (χ2v) is 6.85. The van der Waals surface area contributed by atoms with Crippen molar-refractivity contribution in [2.24, 2.45) is 5.73 Å². The zero-order valence-electron chi connectivity index (χ0n) is 11.0. The van der Waals surface area contributed by atoms with E-state index < -0.39 is 10.0 Å². The molecule has 3 N–H and O–H groups in total. The fourth-order valence-electron chi connectivity index (χ4n) is 2.35. The second kappa shape index (κ2) is 5.58. The highest BCUT2D eigenvalue weighted by Gasteiger charge is 2.29. The van der Waals surface area contributed by atoms with Gasteiger partial charge in [0.25, 0.3) is 0 Å². The van der Waals surface area contributed by atoms with E-state index in [1.165, 1.54) is 4.31 Å². The minimum absolute atomic E-state index is 0.334. The standard InChI is InChI=1S/C13H20N2O3S/c1-10-8-11(9-14)2-3-13(10)19(17,18)15-6-4-12(16)5-7-15/h2-3,8,12,16H,4-7,9,14H2,1H3. The van der Waals surface area contributed by atoms with Gasteiger partial charge < -0.3 is 10.8 Å². The van der Waals surface area contributed by atoms with Crippen LogP contribution in [-0.4, -0.2) is 37.0 Å². The van der Waals surface area contributed by atoms with E-state index in [2.05, 4.69) is 0 Å². The summed E-state index contributed by atoms with van der Waals surface area (Å²) in [5.41, 5.74) is 7.19. The summed E-state index contributed by atoms with van der Waals surface area (Å²) in [7, 11) is -3.46. The smallest absolute Gasteiger partial charge is 0.243 e. The van der Waals surface area contributed by atoms with Crippen LogP contribution in [0.4, 0.5) is 0 Å². The second-order valence-electron chi connectivity index (χ2n) is 4.94. The molecule has 0 spiro atoms. The van der Waals surface area contributed by atoms with Crippen LogP contribution in [0.3, 0.4) is 0 Å². The summed E-state index contributed by atoms with van der Waals surface area (Å²) in [5, 5.41) is 9.45. The lowest BCUT2D eigenvalue weighted by Gasteiger charge is -2.29. The predicted octanol–water partition coefficient (Wildman–Crippen LogP) is 0.599. The molecule has 0 aromatic heterocycles. The molecule has 1 fully saturated rings. The van der Waals surface area contributed by atoms with Gasteiger partial charge in [0, 0.05) is 19.6 Å². The van der Waals surface area contributed by atoms with Gasteiger partial charge in [-0.3, -0.25) is 0 Å². The Morgan fingerprint density at radius 3 is 2.53 bits per heavy atom. The Morgan fingerprint density at radius 1 is 1.37 bits per heavy atom. The Hall–Kier alpha value is -0.950. The van der Waals surface area contributed by atoms with Crippen molar-refractivity contribution in [1.29, 1.82) is 0 Å². The average Bonchev–Trinajstić information content (AvgIpc) is 2.38. The number of aliphatic hydroxyl groups is 1. The normalized spacial score (nSPS) is 18.7. The summed E-state index contributed by atoms with van der Waals surface area (Å²) in [5.74, 6) is 0.